The molecule has 0 unspecified atom stereocenters. The van der Waals surface area contributed by atoms with Gasteiger partial charge in [0.15, 0.2) is 0 Å². The first-order chi connectivity index (χ1) is 17.8. The van der Waals surface area contributed by atoms with Gasteiger partial charge in [-0.2, -0.15) is 10.2 Å². The Labute approximate surface area is 234 Å². The largest absolute Gasteiger partial charge is 0.326 e. The first kappa shape index (κ1) is 30.6. The van der Waals surface area contributed by atoms with Crippen molar-refractivity contribution in [2.75, 3.05) is 0 Å². The molecule has 0 aliphatic carbocycles. The summed E-state index contributed by atoms with van der Waals surface area (Å²) in [6.07, 6.45) is 8.12. The average molecular weight is 558 g/mol. The molecule has 2 rings (SSSR count). The van der Waals surface area contributed by atoms with E-state index in [0.717, 1.165) is 5.69 Å². The summed E-state index contributed by atoms with van der Waals surface area (Å²) in [6, 6.07) is 0. The predicted octanol–water partition coefficient (Wildman–Crippen LogP) is 6.17. The van der Waals surface area contributed by atoms with Crippen molar-refractivity contribution in [3.05, 3.63) is 99.9 Å². The van der Waals surface area contributed by atoms with Crippen LogP contribution in [0.4, 0.5) is 0 Å². The Bertz CT molecular complexity index is 1370. The highest BCUT2D eigenvalue weighted by atomic mass is 35.5. The van der Waals surface area contributed by atoms with Gasteiger partial charge in [0, 0.05) is 28.5 Å². The molecule has 202 valence electrons. The molecule has 2 amide bonds. The van der Waals surface area contributed by atoms with Crippen LogP contribution in [0.2, 0.25) is 0 Å². The zero-order valence-electron chi connectivity index (χ0n) is 22.7. The molecule has 8 nitrogen and oxygen atoms in total. The van der Waals surface area contributed by atoms with Crippen LogP contribution in [0.15, 0.2) is 77.4 Å². The minimum atomic E-state index is -0.377. The van der Waals surface area contributed by atoms with Crippen LogP contribution >= 0.6 is 23.2 Å². The number of hydrogen-bond donors (Lipinski definition) is 2. The van der Waals surface area contributed by atoms with Crippen LogP contribution < -0.4 is 10.6 Å². The van der Waals surface area contributed by atoms with E-state index in [9.17, 15) is 9.59 Å². The fourth-order valence-corrected chi connectivity index (χ4v) is 4.20. The van der Waals surface area contributed by atoms with E-state index in [0.29, 0.717) is 56.0 Å². The van der Waals surface area contributed by atoms with Crippen LogP contribution in [-0.2, 0) is 13.5 Å². The van der Waals surface area contributed by atoms with Crippen molar-refractivity contribution in [1.82, 2.24) is 30.2 Å². The first-order valence-electron chi connectivity index (χ1n) is 12.0. The lowest BCUT2D eigenvalue weighted by molar-refractivity contribution is 0.0957. The molecule has 0 atom stereocenters. The Morgan fingerprint density at radius 2 is 1.66 bits per heavy atom. The highest BCUT2D eigenvalue weighted by Crippen LogP contribution is 2.25. The van der Waals surface area contributed by atoms with E-state index in [2.05, 4.69) is 40.6 Å². The lowest BCUT2D eigenvalue weighted by atomic mass is 10.1. The van der Waals surface area contributed by atoms with Crippen LogP contribution in [0.5, 0.6) is 0 Å². The Kier molecular flexibility index (Phi) is 10.7. The van der Waals surface area contributed by atoms with Crippen molar-refractivity contribution in [2.45, 2.75) is 47.0 Å². The maximum atomic E-state index is 12.8. The van der Waals surface area contributed by atoms with Gasteiger partial charge in [-0.15, -0.1) is 0 Å². The van der Waals surface area contributed by atoms with Crippen LogP contribution in [0.25, 0.3) is 5.70 Å². The molecular formula is C28H34Cl2N6O2. The second kappa shape index (κ2) is 13.3. The van der Waals surface area contributed by atoms with Gasteiger partial charge in [-0.05, 0) is 43.9 Å². The minimum Gasteiger partial charge on any atom is -0.326 e. The van der Waals surface area contributed by atoms with Gasteiger partial charge >= 0.3 is 0 Å². The smallest absolute Gasteiger partial charge is 0.259 e. The summed E-state index contributed by atoms with van der Waals surface area (Å²) in [5.41, 5.74) is 4.36. The van der Waals surface area contributed by atoms with Gasteiger partial charge in [0.25, 0.3) is 11.8 Å². The molecule has 0 aliphatic rings. The third-order valence-corrected chi connectivity index (χ3v) is 6.36. The molecule has 0 bridgehead atoms. The van der Waals surface area contributed by atoms with Crippen molar-refractivity contribution in [2.24, 2.45) is 7.05 Å². The molecule has 2 N–H and O–H groups in total. The second-order valence-corrected chi connectivity index (χ2v) is 9.75. The number of halogens is 2. The summed E-state index contributed by atoms with van der Waals surface area (Å²) < 4.78 is 3.28. The second-order valence-electron chi connectivity index (χ2n) is 8.91. The van der Waals surface area contributed by atoms with E-state index in [4.69, 9.17) is 23.2 Å². The van der Waals surface area contributed by atoms with Crippen LogP contribution in [0.3, 0.4) is 0 Å². The Balaban J connectivity index is 2.26. The number of nitrogens with one attached hydrogen (secondary N) is 2. The van der Waals surface area contributed by atoms with Gasteiger partial charge < -0.3 is 10.6 Å². The monoisotopic (exact) mass is 556 g/mol. The number of carbonyl (C=O) groups excluding carboxylic acids is 2. The number of aryl methyl sites for hydroxylation is 1. The third-order valence-electron chi connectivity index (χ3n) is 5.71. The summed E-state index contributed by atoms with van der Waals surface area (Å²) in [5, 5.41) is 14.8. The standard InChI is InChI=1S/C28H34Cl2N6O2/c1-10-21(29)12-17(5)33-27(37)22-14-32-36(25(22)11-2)20(8)19(7)24(30)13-18(6)34-28(38)23-15-31-35(9)26(23)16(3)4/h10,12-16H,1,5,8,11H2,2-4,6-7,9H3,(H,33,37)(H,34,38). The molecule has 10 heteroatoms. The van der Waals surface area contributed by atoms with Crippen LogP contribution in [0.1, 0.15) is 72.6 Å². The number of amides is 2. The number of allylic oxidation sites excluding steroid dienone is 8. The van der Waals surface area contributed by atoms with E-state index < -0.39 is 0 Å². The molecule has 0 saturated heterocycles. The molecular weight excluding hydrogens is 523 g/mol. The SMILES string of the molecule is C=CC(Cl)=CC(=C)NC(=O)c1cnn(C(=C)C(C)=C(Cl)C=C(C)NC(=O)c2cnn(C)c2C(C)C)c1CC. The summed E-state index contributed by atoms with van der Waals surface area (Å²) >= 11 is 12.5. The Hall–Kier alpha value is -3.62. The fraction of sp³-hybridized carbons (Fsp3) is 0.286. The molecule has 38 heavy (non-hydrogen) atoms. The van der Waals surface area contributed by atoms with Gasteiger partial charge in [-0.25, -0.2) is 4.68 Å². The lowest BCUT2D eigenvalue weighted by Gasteiger charge is -2.13. The maximum absolute atomic E-state index is 12.8. The number of rotatable bonds is 11. The van der Waals surface area contributed by atoms with Crippen LogP contribution in [-0.4, -0.2) is 31.4 Å². The molecule has 0 spiro atoms. The summed E-state index contributed by atoms with van der Waals surface area (Å²) in [5.74, 6) is -0.508. The summed E-state index contributed by atoms with van der Waals surface area (Å²) in [4.78, 5) is 25.7. The maximum Gasteiger partial charge on any atom is 0.259 e. The number of aromatic nitrogens is 4. The van der Waals surface area contributed by atoms with Gasteiger partial charge in [0.05, 0.1) is 40.6 Å². The normalized spacial score (nSPS) is 12.8. The topological polar surface area (TPSA) is 93.8 Å². The molecule has 0 aromatic carbocycles. The highest BCUT2D eigenvalue weighted by Gasteiger charge is 2.20. The van der Waals surface area contributed by atoms with Crippen molar-refractivity contribution in [1.29, 1.82) is 0 Å². The van der Waals surface area contributed by atoms with Crippen LogP contribution in [0, 0.1) is 0 Å². The van der Waals surface area contributed by atoms with Gasteiger partial charge in [-0.3, -0.25) is 14.3 Å². The van der Waals surface area contributed by atoms with Crippen molar-refractivity contribution >= 4 is 40.7 Å². The summed E-state index contributed by atoms with van der Waals surface area (Å²) in [7, 11) is 1.81. The van der Waals surface area contributed by atoms with E-state index in [1.807, 2.05) is 27.8 Å². The van der Waals surface area contributed by atoms with Crippen molar-refractivity contribution in [3.8, 4) is 0 Å². The van der Waals surface area contributed by atoms with Gasteiger partial charge in [-0.1, -0.05) is 69.8 Å². The van der Waals surface area contributed by atoms with E-state index >= 15 is 0 Å². The zero-order valence-corrected chi connectivity index (χ0v) is 24.2. The molecule has 2 heterocycles. The number of hydrogen-bond acceptors (Lipinski definition) is 4. The molecule has 0 aliphatic heterocycles. The zero-order chi connectivity index (χ0) is 28.7. The fourth-order valence-electron chi connectivity index (χ4n) is 3.80. The Morgan fingerprint density at radius 3 is 2.24 bits per heavy atom. The first-order valence-corrected chi connectivity index (χ1v) is 12.7. The molecule has 2 aromatic rings. The molecule has 2 aromatic heterocycles. The Morgan fingerprint density at radius 1 is 1.05 bits per heavy atom. The van der Waals surface area contributed by atoms with Crippen molar-refractivity contribution < 1.29 is 9.59 Å². The lowest BCUT2D eigenvalue weighted by Crippen LogP contribution is -2.23. The number of carbonyl (C=O) groups is 2. The van der Waals surface area contributed by atoms with E-state index in [1.54, 1.807) is 35.5 Å². The third kappa shape index (κ3) is 7.24. The molecule has 0 saturated carbocycles. The van der Waals surface area contributed by atoms with E-state index in [-0.39, 0.29) is 17.7 Å². The van der Waals surface area contributed by atoms with E-state index in [1.165, 1.54) is 18.3 Å². The molecule has 0 fully saturated rings. The van der Waals surface area contributed by atoms with Crippen molar-refractivity contribution in [3.63, 3.8) is 0 Å². The quantitative estimate of drug-likeness (QED) is 0.323. The average Bonchev–Trinajstić information content (AvgIpc) is 3.46. The summed E-state index contributed by atoms with van der Waals surface area (Å²) in [6.45, 7) is 20.9. The van der Waals surface area contributed by atoms with Gasteiger partial charge in [0.1, 0.15) is 0 Å². The van der Waals surface area contributed by atoms with Gasteiger partial charge in [0.2, 0.25) is 0 Å². The minimum absolute atomic E-state index is 0.134. The number of nitrogens with zero attached hydrogens (tertiary/aromatic N) is 4. The highest BCUT2D eigenvalue weighted by molar-refractivity contribution is 6.32. The predicted molar refractivity (Wildman–Crippen MR) is 155 cm³/mol. The molecule has 0 radical (unpaired) electrons.